The third kappa shape index (κ3) is 6.15. The number of benzene rings is 1. The fourth-order valence-corrected chi connectivity index (χ4v) is 7.98. The number of aromatic nitrogens is 3. The van der Waals surface area contributed by atoms with Gasteiger partial charge in [-0.1, -0.05) is 0 Å². The van der Waals surface area contributed by atoms with Crippen LogP contribution in [0.4, 0.5) is 10.2 Å². The molecule has 3 aliphatic heterocycles. The Kier molecular flexibility index (Phi) is 8.55. The summed E-state index contributed by atoms with van der Waals surface area (Å²) in [5.74, 6) is 2.35. The number of hydrogen-bond donors (Lipinski definition) is 0. The number of ether oxygens (including phenoxy) is 2. The molecule has 250 valence electrons. The van der Waals surface area contributed by atoms with Crippen molar-refractivity contribution in [3.05, 3.63) is 65.6 Å². The fourth-order valence-electron chi connectivity index (χ4n) is 7.98. The molecule has 4 aliphatic rings. The van der Waals surface area contributed by atoms with E-state index >= 15 is 0 Å². The molecule has 2 saturated heterocycles. The zero-order chi connectivity index (χ0) is 32.9. The summed E-state index contributed by atoms with van der Waals surface area (Å²) in [5.41, 5.74) is 2.79. The number of nitrogens with zero attached hydrogens (tertiary/aromatic N) is 7. The van der Waals surface area contributed by atoms with Crippen LogP contribution in [0.3, 0.4) is 0 Å². The van der Waals surface area contributed by atoms with E-state index in [-0.39, 0.29) is 34.8 Å². The van der Waals surface area contributed by atoms with Gasteiger partial charge in [0.1, 0.15) is 29.7 Å². The SMILES string of the molecule is CCN(C(=O)c1cc(F)ccc1Oc1cncnc1N1CC2(CC(Oc3ccnc4c3CN(C(C)C3CN(C)C3)CC4)C2)C1)C(C)C. The molecule has 5 heterocycles. The van der Waals surface area contributed by atoms with E-state index in [4.69, 9.17) is 14.5 Å². The van der Waals surface area contributed by atoms with Gasteiger partial charge in [0.2, 0.25) is 0 Å². The summed E-state index contributed by atoms with van der Waals surface area (Å²) >= 11 is 0. The topological polar surface area (TPSA) is 87.2 Å². The zero-order valence-corrected chi connectivity index (χ0v) is 28.2. The Labute approximate surface area is 276 Å². The highest BCUT2D eigenvalue weighted by Gasteiger charge is 2.54. The van der Waals surface area contributed by atoms with Crippen molar-refractivity contribution < 1.29 is 18.7 Å². The smallest absolute Gasteiger partial charge is 0.257 e. The molecule has 1 spiro atoms. The second kappa shape index (κ2) is 12.6. The first-order chi connectivity index (χ1) is 22.6. The molecule has 0 N–H and O–H groups in total. The van der Waals surface area contributed by atoms with Gasteiger partial charge in [-0.25, -0.2) is 14.4 Å². The van der Waals surface area contributed by atoms with Crippen LogP contribution in [-0.4, -0.2) is 100 Å². The van der Waals surface area contributed by atoms with Crippen LogP contribution in [0, 0.1) is 17.2 Å². The predicted octanol–water partition coefficient (Wildman–Crippen LogP) is 5.03. The minimum Gasteiger partial charge on any atom is -0.490 e. The second-order valence-corrected chi connectivity index (χ2v) is 14.3. The van der Waals surface area contributed by atoms with Crippen LogP contribution in [0.2, 0.25) is 0 Å². The van der Waals surface area contributed by atoms with Crippen molar-refractivity contribution in [2.24, 2.45) is 11.3 Å². The summed E-state index contributed by atoms with van der Waals surface area (Å²) in [4.78, 5) is 35.7. The minimum absolute atomic E-state index is 0.0337. The maximum absolute atomic E-state index is 14.3. The molecule has 0 radical (unpaired) electrons. The molecule has 3 fully saturated rings. The number of anilines is 1. The van der Waals surface area contributed by atoms with Crippen molar-refractivity contribution in [1.82, 2.24) is 29.7 Å². The average molecular weight is 644 g/mol. The lowest BCUT2D eigenvalue weighted by atomic mass is 9.61. The lowest BCUT2D eigenvalue weighted by Crippen LogP contribution is -2.65. The molecule has 1 atom stereocenters. The third-order valence-corrected chi connectivity index (χ3v) is 10.7. The van der Waals surface area contributed by atoms with E-state index in [2.05, 4.69) is 38.6 Å². The van der Waals surface area contributed by atoms with Gasteiger partial charge in [0.25, 0.3) is 5.91 Å². The molecule has 3 aromatic rings. The summed E-state index contributed by atoms with van der Waals surface area (Å²) < 4.78 is 27.2. The van der Waals surface area contributed by atoms with Gasteiger partial charge in [-0.15, -0.1) is 0 Å². The Morgan fingerprint density at radius 1 is 1.11 bits per heavy atom. The Morgan fingerprint density at radius 3 is 2.62 bits per heavy atom. The number of carbonyl (C=O) groups excluding carboxylic acids is 1. The third-order valence-electron chi connectivity index (χ3n) is 10.7. The van der Waals surface area contributed by atoms with Crippen LogP contribution in [0.15, 0.2) is 43.0 Å². The van der Waals surface area contributed by atoms with E-state index in [1.165, 1.54) is 48.9 Å². The standard InChI is InChI=1S/C36H46FN7O3/c1-6-44(23(2)3)35(45)28-13-26(37)7-8-31(28)47-33-16-38-22-40-34(33)43-20-36(21-43)14-27(15-36)46-32-9-11-39-30-10-12-42(19-29(30)32)24(4)25-17-41(5)18-25/h7-9,11,13,16,22-25,27H,6,10,12,14-15,17-21H2,1-5H3. The molecule has 1 aliphatic carbocycles. The maximum Gasteiger partial charge on any atom is 0.257 e. The van der Waals surface area contributed by atoms with Crippen LogP contribution < -0.4 is 14.4 Å². The summed E-state index contributed by atoms with van der Waals surface area (Å²) in [6, 6.07) is 6.61. The van der Waals surface area contributed by atoms with Gasteiger partial charge in [0.05, 0.1) is 11.8 Å². The first kappa shape index (κ1) is 31.8. The normalized spacial score (nSPS) is 20.3. The number of halogens is 1. The zero-order valence-electron chi connectivity index (χ0n) is 28.2. The van der Waals surface area contributed by atoms with Crippen LogP contribution in [-0.2, 0) is 13.0 Å². The van der Waals surface area contributed by atoms with Crippen LogP contribution in [0.5, 0.6) is 17.2 Å². The molecule has 47 heavy (non-hydrogen) atoms. The molecule has 1 saturated carbocycles. The first-order valence-electron chi connectivity index (χ1n) is 17.0. The van der Waals surface area contributed by atoms with E-state index in [9.17, 15) is 9.18 Å². The van der Waals surface area contributed by atoms with Gasteiger partial charge < -0.3 is 24.2 Å². The van der Waals surface area contributed by atoms with Gasteiger partial charge in [-0.3, -0.25) is 14.7 Å². The molecule has 2 aromatic heterocycles. The number of hydrogen-bond acceptors (Lipinski definition) is 9. The molecule has 11 heteroatoms. The van der Waals surface area contributed by atoms with E-state index in [1.807, 2.05) is 33.0 Å². The van der Waals surface area contributed by atoms with E-state index in [0.29, 0.717) is 24.2 Å². The minimum atomic E-state index is -0.489. The van der Waals surface area contributed by atoms with Crippen molar-refractivity contribution in [3.8, 4) is 17.2 Å². The molecule has 1 unspecified atom stereocenters. The molecule has 7 rings (SSSR count). The first-order valence-corrected chi connectivity index (χ1v) is 17.0. The fraction of sp³-hybridized carbons (Fsp3) is 0.556. The molecular weight excluding hydrogens is 597 g/mol. The van der Waals surface area contributed by atoms with Gasteiger partial charge in [-0.05, 0) is 77.8 Å². The largest absolute Gasteiger partial charge is 0.490 e. The van der Waals surface area contributed by atoms with Crippen LogP contribution >= 0.6 is 0 Å². The van der Waals surface area contributed by atoms with Gasteiger partial charge >= 0.3 is 0 Å². The summed E-state index contributed by atoms with van der Waals surface area (Å²) in [5, 5.41) is 0. The van der Waals surface area contributed by atoms with Crippen molar-refractivity contribution in [2.75, 3.05) is 51.2 Å². The van der Waals surface area contributed by atoms with Gasteiger partial charge in [0.15, 0.2) is 11.6 Å². The highest BCUT2D eigenvalue weighted by Crippen LogP contribution is 2.52. The molecule has 0 bridgehead atoms. The van der Waals surface area contributed by atoms with Crippen molar-refractivity contribution >= 4 is 11.7 Å². The highest BCUT2D eigenvalue weighted by molar-refractivity contribution is 5.97. The van der Waals surface area contributed by atoms with Crippen molar-refractivity contribution in [3.63, 3.8) is 0 Å². The molecular formula is C36H46FN7O3. The molecule has 1 amide bonds. The predicted molar refractivity (Wildman–Crippen MR) is 177 cm³/mol. The second-order valence-electron chi connectivity index (χ2n) is 14.3. The Bertz CT molecular complexity index is 1620. The lowest BCUT2D eigenvalue weighted by Gasteiger charge is -2.59. The number of fused-ring (bicyclic) bond motifs is 1. The maximum atomic E-state index is 14.3. The van der Waals surface area contributed by atoms with E-state index < -0.39 is 5.82 Å². The summed E-state index contributed by atoms with van der Waals surface area (Å²) in [7, 11) is 2.19. The quantitative estimate of drug-likeness (QED) is 0.302. The number of carbonyl (C=O) groups is 1. The van der Waals surface area contributed by atoms with Crippen molar-refractivity contribution in [2.45, 2.75) is 71.7 Å². The lowest BCUT2D eigenvalue weighted by molar-refractivity contribution is -0.0356. The Balaban J connectivity index is 0.986. The van der Waals surface area contributed by atoms with Crippen LogP contribution in [0.25, 0.3) is 0 Å². The van der Waals surface area contributed by atoms with Gasteiger partial charge in [0, 0.05) is 87.2 Å². The average Bonchev–Trinajstić information content (AvgIpc) is 3.01. The van der Waals surface area contributed by atoms with Crippen LogP contribution in [0.1, 0.15) is 62.2 Å². The molecule has 10 nitrogen and oxygen atoms in total. The molecule has 1 aromatic carbocycles. The monoisotopic (exact) mass is 643 g/mol. The van der Waals surface area contributed by atoms with E-state index in [1.54, 1.807) is 11.1 Å². The van der Waals surface area contributed by atoms with E-state index in [0.717, 1.165) is 57.1 Å². The number of likely N-dealkylation sites (tertiary alicyclic amines) is 1. The summed E-state index contributed by atoms with van der Waals surface area (Å²) in [6.45, 7) is 14.6. The Morgan fingerprint density at radius 2 is 1.89 bits per heavy atom. The summed E-state index contributed by atoms with van der Waals surface area (Å²) in [6.07, 6.45) is 8.12. The number of pyridine rings is 1. The van der Waals surface area contributed by atoms with Gasteiger partial charge in [-0.2, -0.15) is 0 Å². The highest BCUT2D eigenvalue weighted by atomic mass is 19.1. The number of amides is 1. The van der Waals surface area contributed by atoms with Crippen molar-refractivity contribution in [1.29, 1.82) is 0 Å². The Hall–Kier alpha value is -3.83. The number of rotatable bonds is 10.